The largest absolute Gasteiger partial charge is 0.459 e. The number of hydrogen-bond acceptors (Lipinski definition) is 6. The van der Waals surface area contributed by atoms with Crippen LogP contribution in [0.3, 0.4) is 0 Å². The third-order valence-corrected chi connectivity index (χ3v) is 4.88. The minimum absolute atomic E-state index is 0.0517. The summed E-state index contributed by atoms with van der Waals surface area (Å²) in [4.78, 5) is 51.4. The van der Waals surface area contributed by atoms with E-state index in [0.29, 0.717) is 25.1 Å². The van der Waals surface area contributed by atoms with Crippen molar-refractivity contribution in [3.8, 4) is 0 Å². The number of benzene rings is 1. The molecule has 1 atom stereocenters. The fourth-order valence-corrected chi connectivity index (χ4v) is 3.34. The highest BCUT2D eigenvalue weighted by Crippen LogP contribution is 2.22. The Kier molecular flexibility index (Phi) is 7.01. The van der Waals surface area contributed by atoms with Gasteiger partial charge in [0.15, 0.2) is 12.4 Å². The number of carbonyl (C=O) groups is 4. The van der Waals surface area contributed by atoms with Crippen LogP contribution < -0.4 is 10.6 Å². The third kappa shape index (κ3) is 5.47. The minimum Gasteiger partial charge on any atom is -0.459 e. The SMILES string of the molecule is NC(=O)CCN(C(=O)COC(=O)[C@@H]1CCCN1C(=O)c1ccco1)c1ccc(F)cc1. The molecule has 164 valence electrons. The van der Waals surface area contributed by atoms with E-state index in [2.05, 4.69) is 0 Å². The van der Waals surface area contributed by atoms with Gasteiger partial charge in [0.05, 0.1) is 6.26 Å². The number of primary amides is 1. The Bertz CT molecular complexity index is 945. The molecule has 0 saturated carbocycles. The molecule has 2 N–H and O–H groups in total. The van der Waals surface area contributed by atoms with Gasteiger partial charge in [-0.05, 0) is 49.2 Å². The number of nitrogens with zero attached hydrogens (tertiary/aromatic N) is 2. The Morgan fingerprint density at radius 3 is 2.58 bits per heavy atom. The number of halogens is 1. The second-order valence-corrected chi connectivity index (χ2v) is 6.98. The Morgan fingerprint density at radius 1 is 1.19 bits per heavy atom. The first-order chi connectivity index (χ1) is 14.9. The van der Waals surface area contributed by atoms with Crippen LogP contribution in [0.4, 0.5) is 10.1 Å². The second kappa shape index (κ2) is 9.88. The molecule has 1 aliphatic rings. The molecule has 1 saturated heterocycles. The Morgan fingerprint density at radius 2 is 1.94 bits per heavy atom. The maximum absolute atomic E-state index is 13.2. The summed E-state index contributed by atoms with van der Waals surface area (Å²) in [6.07, 6.45) is 2.26. The molecule has 1 fully saturated rings. The number of amides is 3. The van der Waals surface area contributed by atoms with Crippen molar-refractivity contribution in [3.63, 3.8) is 0 Å². The smallest absolute Gasteiger partial charge is 0.329 e. The molecule has 0 radical (unpaired) electrons. The van der Waals surface area contributed by atoms with Crippen molar-refractivity contribution in [2.24, 2.45) is 5.73 Å². The highest BCUT2D eigenvalue weighted by Gasteiger charge is 2.37. The lowest BCUT2D eigenvalue weighted by Gasteiger charge is -2.24. The van der Waals surface area contributed by atoms with Crippen LogP contribution in [0.1, 0.15) is 29.8 Å². The van der Waals surface area contributed by atoms with Crippen molar-refractivity contribution in [3.05, 3.63) is 54.2 Å². The summed E-state index contributed by atoms with van der Waals surface area (Å²) in [5.74, 6) is -2.73. The summed E-state index contributed by atoms with van der Waals surface area (Å²) in [5, 5.41) is 0. The van der Waals surface area contributed by atoms with Crippen LogP contribution in [0.5, 0.6) is 0 Å². The second-order valence-electron chi connectivity index (χ2n) is 6.98. The van der Waals surface area contributed by atoms with E-state index in [4.69, 9.17) is 14.9 Å². The van der Waals surface area contributed by atoms with Gasteiger partial charge in [0.25, 0.3) is 11.8 Å². The van der Waals surface area contributed by atoms with E-state index in [1.165, 1.54) is 46.4 Å². The fourth-order valence-electron chi connectivity index (χ4n) is 3.34. The summed E-state index contributed by atoms with van der Waals surface area (Å²) in [6, 6.07) is 7.34. The Hall–Kier alpha value is -3.69. The molecule has 3 rings (SSSR count). The zero-order chi connectivity index (χ0) is 22.4. The molecule has 10 heteroatoms. The van der Waals surface area contributed by atoms with E-state index in [1.807, 2.05) is 0 Å². The molecular formula is C21H22FN3O6. The van der Waals surface area contributed by atoms with E-state index in [9.17, 15) is 23.6 Å². The van der Waals surface area contributed by atoms with Gasteiger partial charge < -0.3 is 24.7 Å². The number of esters is 1. The van der Waals surface area contributed by atoms with Crippen LogP contribution >= 0.6 is 0 Å². The first-order valence-electron chi connectivity index (χ1n) is 9.72. The van der Waals surface area contributed by atoms with Gasteiger partial charge in [-0.3, -0.25) is 14.4 Å². The summed E-state index contributed by atoms with van der Waals surface area (Å²) in [7, 11) is 0. The first-order valence-corrected chi connectivity index (χ1v) is 9.72. The minimum atomic E-state index is -0.824. The molecule has 1 aliphatic heterocycles. The maximum Gasteiger partial charge on any atom is 0.329 e. The van der Waals surface area contributed by atoms with Crippen molar-refractivity contribution in [1.82, 2.24) is 4.90 Å². The monoisotopic (exact) mass is 431 g/mol. The molecular weight excluding hydrogens is 409 g/mol. The highest BCUT2D eigenvalue weighted by molar-refractivity contribution is 5.97. The van der Waals surface area contributed by atoms with Gasteiger partial charge in [-0.15, -0.1) is 0 Å². The van der Waals surface area contributed by atoms with Gasteiger partial charge >= 0.3 is 5.97 Å². The van der Waals surface area contributed by atoms with Crippen LogP contribution in [0.25, 0.3) is 0 Å². The van der Waals surface area contributed by atoms with Crippen LogP contribution in [-0.2, 0) is 19.1 Å². The van der Waals surface area contributed by atoms with E-state index >= 15 is 0 Å². The fraction of sp³-hybridized carbons (Fsp3) is 0.333. The quantitative estimate of drug-likeness (QED) is 0.632. The number of nitrogens with two attached hydrogens (primary N) is 1. The van der Waals surface area contributed by atoms with Gasteiger partial charge in [-0.1, -0.05) is 0 Å². The number of hydrogen-bond donors (Lipinski definition) is 1. The van der Waals surface area contributed by atoms with Gasteiger partial charge in [0.2, 0.25) is 5.91 Å². The first kappa shape index (κ1) is 22.0. The summed E-state index contributed by atoms with van der Waals surface area (Å²) in [6.45, 7) is -0.286. The third-order valence-electron chi connectivity index (χ3n) is 4.88. The lowest BCUT2D eigenvalue weighted by atomic mass is 10.2. The van der Waals surface area contributed by atoms with Gasteiger partial charge in [-0.25, -0.2) is 9.18 Å². The number of anilines is 1. The van der Waals surface area contributed by atoms with Crippen molar-refractivity contribution in [1.29, 1.82) is 0 Å². The number of rotatable bonds is 8. The molecule has 0 unspecified atom stereocenters. The molecule has 1 aromatic heterocycles. The van der Waals surface area contributed by atoms with Crippen LogP contribution in [0.15, 0.2) is 47.1 Å². The zero-order valence-corrected chi connectivity index (χ0v) is 16.7. The topological polar surface area (TPSA) is 123 Å². The molecule has 3 amide bonds. The Labute approximate surface area is 177 Å². The summed E-state index contributed by atoms with van der Waals surface area (Å²) >= 11 is 0. The molecule has 1 aromatic carbocycles. The van der Waals surface area contributed by atoms with E-state index < -0.39 is 42.2 Å². The molecule has 0 aliphatic carbocycles. The van der Waals surface area contributed by atoms with Gasteiger partial charge in [-0.2, -0.15) is 0 Å². The molecule has 0 spiro atoms. The number of carbonyl (C=O) groups excluding carboxylic acids is 4. The van der Waals surface area contributed by atoms with Crippen LogP contribution in [-0.4, -0.2) is 54.3 Å². The lowest BCUT2D eigenvalue weighted by Crippen LogP contribution is -2.43. The van der Waals surface area contributed by atoms with Crippen molar-refractivity contribution >= 4 is 29.4 Å². The zero-order valence-electron chi connectivity index (χ0n) is 16.7. The van der Waals surface area contributed by atoms with Crippen LogP contribution in [0.2, 0.25) is 0 Å². The molecule has 2 heterocycles. The number of furan rings is 1. The van der Waals surface area contributed by atoms with Crippen molar-refractivity contribution < 1.29 is 32.7 Å². The predicted octanol–water partition coefficient (Wildman–Crippen LogP) is 1.48. The summed E-state index contributed by atoms with van der Waals surface area (Å²) < 4.78 is 23.5. The van der Waals surface area contributed by atoms with Gasteiger partial charge in [0.1, 0.15) is 11.9 Å². The molecule has 31 heavy (non-hydrogen) atoms. The van der Waals surface area contributed by atoms with E-state index in [1.54, 1.807) is 6.07 Å². The van der Waals surface area contributed by atoms with E-state index in [-0.39, 0.29) is 18.7 Å². The number of likely N-dealkylation sites (tertiary alicyclic amines) is 1. The maximum atomic E-state index is 13.2. The molecule has 2 aromatic rings. The van der Waals surface area contributed by atoms with Crippen molar-refractivity contribution in [2.45, 2.75) is 25.3 Å². The summed E-state index contributed by atoms with van der Waals surface area (Å²) in [5.41, 5.74) is 5.50. The normalized spacial score (nSPS) is 15.5. The standard InChI is InChI=1S/C21H22FN3O6/c22-14-5-7-15(8-6-14)24(11-9-18(23)26)19(27)13-31-21(29)16-3-1-10-25(16)20(28)17-4-2-12-30-17/h2,4-8,12,16H,1,3,9-11,13H2,(H2,23,26)/t16-/m0/s1. The lowest BCUT2D eigenvalue weighted by molar-refractivity contribution is -0.151. The van der Waals surface area contributed by atoms with E-state index in [0.717, 1.165) is 0 Å². The highest BCUT2D eigenvalue weighted by atomic mass is 19.1. The van der Waals surface area contributed by atoms with Crippen LogP contribution in [0, 0.1) is 5.82 Å². The Balaban J connectivity index is 1.63. The van der Waals surface area contributed by atoms with Crippen molar-refractivity contribution in [2.75, 3.05) is 24.6 Å². The molecule has 9 nitrogen and oxygen atoms in total. The predicted molar refractivity (Wildman–Crippen MR) is 106 cm³/mol. The molecule has 0 bridgehead atoms. The average molecular weight is 431 g/mol. The average Bonchev–Trinajstić information content (AvgIpc) is 3.45. The van der Waals surface area contributed by atoms with Gasteiger partial charge in [0, 0.05) is 25.2 Å². The number of ether oxygens (including phenoxy) is 1.